The van der Waals surface area contributed by atoms with Gasteiger partial charge >= 0.3 is 5.97 Å². The number of hydrogen-bond acceptors (Lipinski definition) is 7. The minimum Gasteiger partial charge on any atom is -0.453 e. The first-order chi connectivity index (χ1) is 13.6. The van der Waals surface area contributed by atoms with Gasteiger partial charge in [-0.05, 0) is 48.6 Å². The lowest BCUT2D eigenvalue weighted by molar-refractivity contribution is -0.172. The molecule has 0 radical (unpaired) electrons. The molecule has 3 heterocycles. The molecule has 8 heteroatoms. The Morgan fingerprint density at radius 2 is 1.93 bits per heavy atom. The summed E-state index contributed by atoms with van der Waals surface area (Å²) in [5.41, 5.74) is -0.596. The minimum atomic E-state index is -1.46. The van der Waals surface area contributed by atoms with Crippen molar-refractivity contribution >= 4 is 40.3 Å². The molecule has 0 saturated heterocycles. The van der Waals surface area contributed by atoms with Crippen LogP contribution in [-0.4, -0.2) is 39.9 Å². The average Bonchev–Trinajstić information content (AvgIpc) is 3.46. The predicted octanol–water partition coefficient (Wildman–Crippen LogP) is 3.73. The molecule has 2 aromatic heterocycles. The van der Waals surface area contributed by atoms with Gasteiger partial charge in [0.25, 0.3) is 5.91 Å². The third kappa shape index (κ3) is 3.90. The lowest BCUT2D eigenvalue weighted by Gasteiger charge is -2.29. The summed E-state index contributed by atoms with van der Waals surface area (Å²) in [6.45, 7) is -0.412. The second-order valence-electron chi connectivity index (χ2n) is 7.17. The molecule has 2 aliphatic rings. The van der Waals surface area contributed by atoms with E-state index < -0.39 is 18.2 Å². The Bertz CT molecular complexity index is 855. The first-order valence-electron chi connectivity index (χ1n) is 9.43. The zero-order valence-corrected chi connectivity index (χ0v) is 17.0. The van der Waals surface area contributed by atoms with Crippen molar-refractivity contribution in [3.63, 3.8) is 0 Å². The van der Waals surface area contributed by atoms with Crippen LogP contribution in [0.4, 0.5) is 0 Å². The third-order valence-corrected chi connectivity index (χ3v) is 7.12. The largest absolute Gasteiger partial charge is 0.453 e. The van der Waals surface area contributed by atoms with E-state index in [1.54, 1.807) is 22.7 Å². The molecule has 1 aliphatic heterocycles. The fourth-order valence-corrected chi connectivity index (χ4v) is 5.24. The van der Waals surface area contributed by atoms with Crippen LogP contribution in [0.25, 0.3) is 0 Å². The number of esters is 1. The van der Waals surface area contributed by atoms with Crippen molar-refractivity contribution in [1.82, 2.24) is 5.01 Å². The standard InChI is InChI=1S/C20H22N2O4S2/c23-18(13-26-19(24)20(25)8-2-1-3-9-20)22-15(17-7-5-11-28-17)12-14(21-22)16-6-4-10-27-16/h4-7,10-11,15,25H,1-3,8-9,12-13H2. The molecule has 6 nitrogen and oxygen atoms in total. The minimum absolute atomic E-state index is 0.193. The van der Waals surface area contributed by atoms with E-state index in [0.717, 1.165) is 34.7 Å². The fourth-order valence-electron chi connectivity index (χ4n) is 3.70. The Morgan fingerprint density at radius 1 is 1.18 bits per heavy atom. The molecule has 148 valence electrons. The highest BCUT2D eigenvalue weighted by Gasteiger charge is 2.40. The molecular weight excluding hydrogens is 396 g/mol. The van der Waals surface area contributed by atoms with E-state index in [0.29, 0.717) is 19.3 Å². The number of hydrogen-bond donors (Lipinski definition) is 1. The van der Waals surface area contributed by atoms with Gasteiger partial charge in [-0.2, -0.15) is 5.10 Å². The lowest BCUT2D eigenvalue weighted by Crippen LogP contribution is -2.43. The monoisotopic (exact) mass is 418 g/mol. The van der Waals surface area contributed by atoms with Gasteiger partial charge in [-0.3, -0.25) is 4.79 Å². The molecule has 0 bridgehead atoms. The van der Waals surface area contributed by atoms with Crippen LogP contribution in [0.2, 0.25) is 0 Å². The van der Waals surface area contributed by atoms with Crippen molar-refractivity contribution in [2.75, 3.05) is 6.61 Å². The van der Waals surface area contributed by atoms with Gasteiger partial charge in [-0.1, -0.05) is 18.6 Å². The molecule has 1 N–H and O–H groups in total. The summed E-state index contributed by atoms with van der Waals surface area (Å²) < 4.78 is 5.21. The Kier molecular flexibility index (Phi) is 5.61. The summed E-state index contributed by atoms with van der Waals surface area (Å²) in [6.07, 6.45) is 4.00. The molecule has 2 aromatic rings. The maximum absolute atomic E-state index is 12.8. The van der Waals surface area contributed by atoms with Crippen molar-refractivity contribution in [3.8, 4) is 0 Å². The van der Waals surface area contributed by atoms with Crippen LogP contribution in [-0.2, 0) is 14.3 Å². The number of ether oxygens (including phenoxy) is 1. The van der Waals surface area contributed by atoms with E-state index >= 15 is 0 Å². The zero-order chi connectivity index (χ0) is 19.6. The molecule has 1 aliphatic carbocycles. The van der Waals surface area contributed by atoms with E-state index in [1.807, 2.05) is 35.0 Å². The quantitative estimate of drug-likeness (QED) is 0.751. The normalized spacial score (nSPS) is 21.4. The van der Waals surface area contributed by atoms with Crippen LogP contribution < -0.4 is 0 Å². The Balaban J connectivity index is 1.46. The Morgan fingerprint density at radius 3 is 2.61 bits per heavy atom. The van der Waals surface area contributed by atoms with Crippen molar-refractivity contribution < 1.29 is 19.4 Å². The molecule has 28 heavy (non-hydrogen) atoms. The van der Waals surface area contributed by atoms with Gasteiger partial charge in [0.05, 0.1) is 16.6 Å². The number of amides is 1. The molecule has 1 saturated carbocycles. The Hall–Kier alpha value is -2.03. The molecule has 1 unspecified atom stereocenters. The second kappa shape index (κ2) is 8.14. The molecule has 0 aromatic carbocycles. The summed E-state index contributed by atoms with van der Waals surface area (Å²) in [5, 5.41) is 20.4. The van der Waals surface area contributed by atoms with E-state index in [1.165, 1.54) is 5.01 Å². The number of carbonyl (C=O) groups excluding carboxylic acids is 2. The average molecular weight is 419 g/mol. The highest BCUT2D eigenvalue weighted by atomic mass is 32.1. The smallest absolute Gasteiger partial charge is 0.338 e. The van der Waals surface area contributed by atoms with E-state index in [9.17, 15) is 14.7 Å². The lowest BCUT2D eigenvalue weighted by atomic mass is 9.85. The topological polar surface area (TPSA) is 79.2 Å². The van der Waals surface area contributed by atoms with Crippen LogP contribution in [0.3, 0.4) is 0 Å². The molecule has 0 spiro atoms. The number of nitrogens with zero attached hydrogens (tertiary/aromatic N) is 2. The fraction of sp³-hybridized carbons (Fsp3) is 0.450. The van der Waals surface area contributed by atoms with Gasteiger partial charge in [0.2, 0.25) is 0 Å². The van der Waals surface area contributed by atoms with Gasteiger partial charge in [0, 0.05) is 11.3 Å². The van der Waals surface area contributed by atoms with E-state index in [2.05, 4.69) is 5.10 Å². The van der Waals surface area contributed by atoms with E-state index in [4.69, 9.17) is 4.74 Å². The summed E-state index contributed by atoms with van der Waals surface area (Å²) in [7, 11) is 0. The summed E-state index contributed by atoms with van der Waals surface area (Å²) in [4.78, 5) is 27.2. The van der Waals surface area contributed by atoms with Crippen molar-refractivity contribution in [3.05, 3.63) is 44.8 Å². The highest BCUT2D eigenvalue weighted by molar-refractivity contribution is 7.12. The number of aliphatic hydroxyl groups is 1. The molecule has 4 rings (SSSR count). The van der Waals surface area contributed by atoms with E-state index in [-0.39, 0.29) is 11.9 Å². The first kappa shape index (κ1) is 19.3. The van der Waals surface area contributed by atoms with Crippen LogP contribution in [0.15, 0.2) is 40.1 Å². The number of carbonyl (C=O) groups is 2. The van der Waals surface area contributed by atoms with Crippen LogP contribution in [0, 0.1) is 0 Å². The number of hydrazone groups is 1. The van der Waals surface area contributed by atoms with Crippen LogP contribution >= 0.6 is 22.7 Å². The van der Waals surface area contributed by atoms with Crippen LogP contribution in [0.5, 0.6) is 0 Å². The Labute approximate surface area is 171 Å². The maximum atomic E-state index is 12.8. The van der Waals surface area contributed by atoms with Gasteiger partial charge in [0.1, 0.15) is 0 Å². The summed E-state index contributed by atoms with van der Waals surface area (Å²) in [6, 6.07) is 7.69. The molecule has 1 amide bonds. The van der Waals surface area contributed by atoms with Gasteiger partial charge < -0.3 is 9.84 Å². The number of rotatable bonds is 5. The SMILES string of the molecule is O=C(COC(=O)C1(O)CCCCC1)N1N=C(c2cccs2)CC1c1cccs1. The number of thiophene rings is 2. The van der Waals surface area contributed by atoms with Crippen molar-refractivity contribution in [2.45, 2.75) is 50.2 Å². The first-order valence-corrected chi connectivity index (χ1v) is 11.2. The zero-order valence-electron chi connectivity index (χ0n) is 15.4. The predicted molar refractivity (Wildman–Crippen MR) is 108 cm³/mol. The van der Waals surface area contributed by atoms with Gasteiger partial charge in [-0.25, -0.2) is 9.80 Å². The molecule has 1 fully saturated rings. The summed E-state index contributed by atoms with van der Waals surface area (Å²) in [5.74, 6) is -1.08. The molecular formula is C20H22N2O4S2. The maximum Gasteiger partial charge on any atom is 0.338 e. The van der Waals surface area contributed by atoms with Crippen LogP contribution in [0.1, 0.15) is 54.3 Å². The van der Waals surface area contributed by atoms with Crippen molar-refractivity contribution in [1.29, 1.82) is 0 Å². The van der Waals surface area contributed by atoms with Crippen molar-refractivity contribution in [2.24, 2.45) is 5.10 Å². The summed E-state index contributed by atoms with van der Waals surface area (Å²) >= 11 is 3.16. The molecule has 1 atom stereocenters. The highest BCUT2D eigenvalue weighted by Crippen LogP contribution is 2.36. The third-order valence-electron chi connectivity index (χ3n) is 5.23. The van der Waals surface area contributed by atoms with Gasteiger partial charge in [-0.15, -0.1) is 22.7 Å². The van der Waals surface area contributed by atoms with Gasteiger partial charge in [0.15, 0.2) is 12.2 Å². The second-order valence-corrected chi connectivity index (χ2v) is 9.09.